The minimum atomic E-state index is -0.978. The third-order valence-corrected chi connectivity index (χ3v) is 2.47. The second-order valence-corrected chi connectivity index (χ2v) is 4.03. The summed E-state index contributed by atoms with van der Waals surface area (Å²) in [7, 11) is 0. The number of carbonyl (C=O) groups is 1. The van der Waals surface area contributed by atoms with Gasteiger partial charge in [0.15, 0.2) is 5.76 Å². The van der Waals surface area contributed by atoms with Crippen LogP contribution in [0.1, 0.15) is 33.3 Å². The molecule has 0 aliphatic carbocycles. The predicted molar refractivity (Wildman–Crippen MR) is 62.2 cm³/mol. The summed E-state index contributed by atoms with van der Waals surface area (Å²) in [5, 5.41) is 15.7. The van der Waals surface area contributed by atoms with E-state index in [0.717, 1.165) is 11.5 Å². The van der Waals surface area contributed by atoms with Crippen molar-refractivity contribution in [2.24, 2.45) is 0 Å². The smallest absolute Gasteiger partial charge is 0.339 e. The number of carboxylic acid groups (broad SMARTS) is 1. The fraction of sp³-hybridized carbons (Fsp3) is 0.333. The molecule has 6 nitrogen and oxygen atoms in total. The van der Waals surface area contributed by atoms with E-state index in [4.69, 9.17) is 14.0 Å². The number of nitrogens with zero attached hydrogens (tertiary/aromatic N) is 1. The Bertz CT molecular complexity index is 556. The summed E-state index contributed by atoms with van der Waals surface area (Å²) < 4.78 is 10.4. The molecule has 0 fully saturated rings. The van der Waals surface area contributed by atoms with E-state index in [0.29, 0.717) is 24.6 Å². The monoisotopic (exact) mass is 250 g/mol. The SMILES string of the molecule is Cc1cc(CNCc2cc(C(=O)O)c(C)o2)on1. The molecule has 0 bridgehead atoms. The maximum atomic E-state index is 10.8. The molecule has 2 N–H and O–H groups in total. The van der Waals surface area contributed by atoms with Crippen molar-refractivity contribution in [2.45, 2.75) is 26.9 Å². The van der Waals surface area contributed by atoms with Crippen LogP contribution in [0.25, 0.3) is 0 Å². The highest BCUT2D eigenvalue weighted by Crippen LogP contribution is 2.14. The van der Waals surface area contributed by atoms with E-state index < -0.39 is 5.97 Å². The third kappa shape index (κ3) is 2.78. The summed E-state index contributed by atoms with van der Waals surface area (Å²) in [6, 6.07) is 3.36. The summed E-state index contributed by atoms with van der Waals surface area (Å²) in [6.07, 6.45) is 0. The molecule has 6 heteroatoms. The number of hydrogen-bond acceptors (Lipinski definition) is 5. The zero-order chi connectivity index (χ0) is 13.1. The van der Waals surface area contributed by atoms with Gasteiger partial charge in [0.2, 0.25) is 0 Å². The number of rotatable bonds is 5. The number of hydrogen-bond donors (Lipinski definition) is 2. The molecule has 2 rings (SSSR count). The van der Waals surface area contributed by atoms with Crippen LogP contribution in [-0.2, 0) is 13.1 Å². The second kappa shape index (κ2) is 5.05. The summed E-state index contributed by atoms with van der Waals surface area (Å²) in [4.78, 5) is 10.8. The first-order valence-corrected chi connectivity index (χ1v) is 5.52. The van der Waals surface area contributed by atoms with E-state index in [1.165, 1.54) is 6.07 Å². The van der Waals surface area contributed by atoms with Gasteiger partial charge in [-0.25, -0.2) is 4.79 Å². The minimum absolute atomic E-state index is 0.197. The quantitative estimate of drug-likeness (QED) is 0.842. The van der Waals surface area contributed by atoms with Crippen molar-refractivity contribution in [3.63, 3.8) is 0 Å². The van der Waals surface area contributed by atoms with Crippen molar-refractivity contribution in [1.29, 1.82) is 0 Å². The van der Waals surface area contributed by atoms with Crippen LogP contribution in [-0.4, -0.2) is 16.2 Å². The molecule has 0 saturated carbocycles. The highest BCUT2D eigenvalue weighted by Gasteiger charge is 2.13. The van der Waals surface area contributed by atoms with Crippen molar-refractivity contribution in [3.05, 3.63) is 40.7 Å². The molecule has 2 aromatic rings. The number of aromatic carboxylic acids is 1. The fourth-order valence-corrected chi connectivity index (χ4v) is 1.65. The Morgan fingerprint density at radius 2 is 2.06 bits per heavy atom. The normalized spacial score (nSPS) is 10.8. The molecule has 0 spiro atoms. The summed E-state index contributed by atoms with van der Waals surface area (Å²) in [5.41, 5.74) is 1.02. The first kappa shape index (κ1) is 12.4. The molecule has 2 aromatic heterocycles. The molecule has 2 heterocycles. The lowest BCUT2D eigenvalue weighted by Crippen LogP contribution is -2.11. The van der Waals surface area contributed by atoms with Gasteiger partial charge in [-0.2, -0.15) is 0 Å². The van der Waals surface area contributed by atoms with Crippen LogP contribution < -0.4 is 5.32 Å². The molecule has 0 atom stereocenters. The van der Waals surface area contributed by atoms with Gasteiger partial charge in [0.25, 0.3) is 0 Å². The van der Waals surface area contributed by atoms with Gasteiger partial charge in [0, 0.05) is 6.07 Å². The van der Waals surface area contributed by atoms with Gasteiger partial charge >= 0.3 is 5.97 Å². The second-order valence-electron chi connectivity index (χ2n) is 4.03. The van der Waals surface area contributed by atoms with E-state index in [-0.39, 0.29) is 5.56 Å². The Balaban J connectivity index is 1.90. The molecule has 0 radical (unpaired) electrons. The fourth-order valence-electron chi connectivity index (χ4n) is 1.65. The Morgan fingerprint density at radius 3 is 2.61 bits per heavy atom. The van der Waals surface area contributed by atoms with Crippen LogP contribution in [0.3, 0.4) is 0 Å². The van der Waals surface area contributed by atoms with Crippen molar-refractivity contribution in [2.75, 3.05) is 0 Å². The molecule has 0 unspecified atom stereocenters. The van der Waals surface area contributed by atoms with Gasteiger partial charge in [-0.1, -0.05) is 5.16 Å². The predicted octanol–water partition coefficient (Wildman–Crippen LogP) is 1.87. The topological polar surface area (TPSA) is 88.5 Å². The first-order valence-electron chi connectivity index (χ1n) is 5.52. The molecule has 0 aliphatic rings. The maximum Gasteiger partial charge on any atom is 0.339 e. The Hall–Kier alpha value is -2.08. The lowest BCUT2D eigenvalue weighted by atomic mass is 10.2. The van der Waals surface area contributed by atoms with Crippen LogP contribution in [0.5, 0.6) is 0 Å². The van der Waals surface area contributed by atoms with Crippen LogP contribution in [0.15, 0.2) is 21.1 Å². The average Bonchev–Trinajstić information content (AvgIpc) is 2.85. The molecular formula is C12H14N2O4. The maximum absolute atomic E-state index is 10.8. The highest BCUT2D eigenvalue weighted by atomic mass is 16.5. The molecule has 96 valence electrons. The van der Waals surface area contributed by atoms with Gasteiger partial charge in [-0.3, -0.25) is 0 Å². The van der Waals surface area contributed by atoms with Gasteiger partial charge in [0.05, 0.1) is 18.8 Å². The van der Waals surface area contributed by atoms with Gasteiger partial charge < -0.3 is 19.4 Å². The van der Waals surface area contributed by atoms with Gasteiger partial charge in [0.1, 0.15) is 17.1 Å². The molecule has 0 amide bonds. The summed E-state index contributed by atoms with van der Waals surface area (Å²) in [6.45, 7) is 4.44. The highest BCUT2D eigenvalue weighted by molar-refractivity contribution is 5.88. The standard InChI is InChI=1S/C12H14N2O4/c1-7-3-10(18-14-7)6-13-5-9-4-11(12(15)16)8(2)17-9/h3-4,13H,5-6H2,1-2H3,(H,15,16). The molecule has 0 aromatic carbocycles. The largest absolute Gasteiger partial charge is 0.478 e. The number of carboxylic acids is 1. The average molecular weight is 250 g/mol. The molecular weight excluding hydrogens is 236 g/mol. The van der Waals surface area contributed by atoms with Crippen LogP contribution >= 0.6 is 0 Å². The molecule has 18 heavy (non-hydrogen) atoms. The van der Waals surface area contributed by atoms with Gasteiger partial charge in [-0.15, -0.1) is 0 Å². The Morgan fingerprint density at radius 1 is 1.33 bits per heavy atom. The third-order valence-electron chi connectivity index (χ3n) is 2.47. The van der Waals surface area contributed by atoms with Crippen molar-refractivity contribution >= 4 is 5.97 Å². The molecule has 0 saturated heterocycles. The number of furan rings is 1. The van der Waals surface area contributed by atoms with Crippen molar-refractivity contribution in [3.8, 4) is 0 Å². The summed E-state index contributed by atoms with van der Waals surface area (Å²) >= 11 is 0. The minimum Gasteiger partial charge on any atom is -0.478 e. The van der Waals surface area contributed by atoms with Gasteiger partial charge in [-0.05, 0) is 19.9 Å². The zero-order valence-electron chi connectivity index (χ0n) is 10.2. The number of aromatic nitrogens is 1. The number of aryl methyl sites for hydroxylation is 2. The van der Waals surface area contributed by atoms with Crippen LogP contribution in [0, 0.1) is 13.8 Å². The lowest BCUT2D eigenvalue weighted by Gasteiger charge is -1.98. The summed E-state index contributed by atoms with van der Waals surface area (Å²) in [5.74, 6) is 0.749. The van der Waals surface area contributed by atoms with Crippen LogP contribution in [0.2, 0.25) is 0 Å². The van der Waals surface area contributed by atoms with E-state index in [1.54, 1.807) is 6.92 Å². The van der Waals surface area contributed by atoms with E-state index >= 15 is 0 Å². The van der Waals surface area contributed by atoms with Crippen molar-refractivity contribution in [1.82, 2.24) is 10.5 Å². The first-order chi connectivity index (χ1) is 8.56. The van der Waals surface area contributed by atoms with E-state index in [1.807, 2.05) is 13.0 Å². The van der Waals surface area contributed by atoms with Crippen LogP contribution in [0.4, 0.5) is 0 Å². The Kier molecular flexibility index (Phi) is 3.47. The lowest BCUT2D eigenvalue weighted by molar-refractivity contribution is 0.0695. The van der Waals surface area contributed by atoms with E-state index in [2.05, 4.69) is 10.5 Å². The zero-order valence-corrected chi connectivity index (χ0v) is 10.2. The number of nitrogens with one attached hydrogen (secondary N) is 1. The molecule has 0 aliphatic heterocycles. The Labute approximate surface area is 104 Å². The van der Waals surface area contributed by atoms with Crippen molar-refractivity contribution < 1.29 is 18.8 Å². The van der Waals surface area contributed by atoms with E-state index in [9.17, 15) is 4.79 Å².